The first-order valence-corrected chi connectivity index (χ1v) is 5.45. The first kappa shape index (κ1) is 16.4. The highest BCUT2D eigenvalue weighted by molar-refractivity contribution is 6.17. The number of halogens is 6. The van der Waals surface area contributed by atoms with Crippen molar-refractivity contribution in [3.63, 3.8) is 0 Å². The second-order valence-corrected chi connectivity index (χ2v) is 3.63. The topological polar surface area (TPSA) is 48.4 Å². The largest absolute Gasteiger partial charge is 0.574 e. The smallest absolute Gasteiger partial charge is 0.464 e. The Balaban J connectivity index is 3.45. The van der Waals surface area contributed by atoms with Crippen molar-refractivity contribution in [3.05, 3.63) is 22.9 Å². The summed E-state index contributed by atoms with van der Waals surface area (Å²) in [4.78, 5) is 14.3. The molecule has 0 saturated heterocycles. The molecular weight excluding hydrogens is 313 g/mol. The van der Waals surface area contributed by atoms with Crippen LogP contribution in [0, 0.1) is 0 Å². The predicted octanol–water partition coefficient (Wildman–Crippen LogP) is 3.44. The number of rotatable bonds is 4. The molecule has 0 unspecified atom stereocenters. The lowest BCUT2D eigenvalue weighted by atomic mass is 10.1. The number of nitrogens with zero attached hydrogens (tertiary/aromatic N) is 1. The number of ether oxygens (including phenoxy) is 2. The summed E-state index contributed by atoms with van der Waals surface area (Å²) in [6, 6.07) is 0.823. The lowest BCUT2D eigenvalue weighted by Gasteiger charge is -2.15. The third-order valence-corrected chi connectivity index (χ3v) is 2.37. The third-order valence-electron chi connectivity index (χ3n) is 2.08. The summed E-state index contributed by atoms with van der Waals surface area (Å²) in [5, 5.41) is 0. The molecule has 0 bridgehead atoms. The molecule has 0 aromatic carbocycles. The Labute approximate surface area is 114 Å². The molecule has 112 valence electrons. The van der Waals surface area contributed by atoms with Crippen LogP contribution in [0.25, 0.3) is 0 Å². The van der Waals surface area contributed by atoms with Gasteiger partial charge in [0.05, 0.1) is 12.7 Å². The molecule has 1 aromatic heterocycles. The SMILES string of the molecule is COC(=O)c1cc(CCl)c(C(F)F)c(OC(F)(F)F)n1. The van der Waals surface area contributed by atoms with E-state index in [0.29, 0.717) is 0 Å². The van der Waals surface area contributed by atoms with Gasteiger partial charge >= 0.3 is 12.3 Å². The first-order valence-electron chi connectivity index (χ1n) is 4.91. The molecule has 0 aliphatic rings. The summed E-state index contributed by atoms with van der Waals surface area (Å²) in [5.41, 5.74) is -2.15. The van der Waals surface area contributed by atoms with Gasteiger partial charge in [-0.2, -0.15) is 0 Å². The minimum absolute atomic E-state index is 0.406. The molecule has 1 rings (SSSR count). The van der Waals surface area contributed by atoms with Crippen LogP contribution in [-0.4, -0.2) is 24.4 Å². The Morgan fingerprint density at radius 2 is 2.05 bits per heavy atom. The van der Waals surface area contributed by atoms with E-state index >= 15 is 0 Å². The molecular formula is C10H7ClF5NO3. The van der Waals surface area contributed by atoms with Gasteiger partial charge in [-0.05, 0) is 11.6 Å². The maximum atomic E-state index is 12.8. The molecule has 0 spiro atoms. The van der Waals surface area contributed by atoms with Crippen molar-refractivity contribution in [2.75, 3.05) is 7.11 Å². The van der Waals surface area contributed by atoms with Gasteiger partial charge in [0.2, 0.25) is 5.88 Å². The lowest BCUT2D eigenvalue weighted by Crippen LogP contribution is -2.21. The molecule has 4 nitrogen and oxygen atoms in total. The Hall–Kier alpha value is -1.64. The average molecular weight is 320 g/mol. The Kier molecular flexibility index (Phi) is 5.09. The van der Waals surface area contributed by atoms with Crippen LogP contribution >= 0.6 is 11.6 Å². The average Bonchev–Trinajstić information content (AvgIpc) is 2.34. The minimum Gasteiger partial charge on any atom is -0.464 e. The van der Waals surface area contributed by atoms with Gasteiger partial charge in [0.15, 0.2) is 5.69 Å². The highest BCUT2D eigenvalue weighted by atomic mass is 35.5. The van der Waals surface area contributed by atoms with E-state index in [-0.39, 0.29) is 0 Å². The van der Waals surface area contributed by atoms with Crippen LogP contribution in [0.2, 0.25) is 0 Å². The summed E-state index contributed by atoms with van der Waals surface area (Å²) >= 11 is 5.39. The van der Waals surface area contributed by atoms with Crippen molar-refractivity contribution in [2.24, 2.45) is 0 Å². The van der Waals surface area contributed by atoms with Crippen LogP contribution < -0.4 is 4.74 Å². The first-order chi connectivity index (χ1) is 9.19. The molecule has 1 heterocycles. The fourth-order valence-electron chi connectivity index (χ4n) is 1.32. The van der Waals surface area contributed by atoms with Gasteiger partial charge in [-0.1, -0.05) is 0 Å². The van der Waals surface area contributed by atoms with Crippen molar-refractivity contribution in [3.8, 4) is 5.88 Å². The monoisotopic (exact) mass is 319 g/mol. The van der Waals surface area contributed by atoms with E-state index in [1.807, 2.05) is 0 Å². The van der Waals surface area contributed by atoms with Gasteiger partial charge in [0, 0.05) is 5.88 Å². The number of hydrogen-bond acceptors (Lipinski definition) is 4. The number of esters is 1. The molecule has 0 radical (unpaired) electrons. The number of aromatic nitrogens is 1. The molecule has 0 aliphatic carbocycles. The summed E-state index contributed by atoms with van der Waals surface area (Å²) in [7, 11) is 0.954. The number of pyridine rings is 1. The number of hydrogen-bond donors (Lipinski definition) is 0. The van der Waals surface area contributed by atoms with Crippen LogP contribution in [-0.2, 0) is 10.6 Å². The van der Waals surface area contributed by atoms with Crippen LogP contribution in [0.5, 0.6) is 5.88 Å². The highest BCUT2D eigenvalue weighted by Gasteiger charge is 2.35. The van der Waals surface area contributed by atoms with Gasteiger partial charge in [-0.25, -0.2) is 18.6 Å². The second-order valence-electron chi connectivity index (χ2n) is 3.36. The summed E-state index contributed by atoms with van der Waals surface area (Å²) in [6.45, 7) is 0. The van der Waals surface area contributed by atoms with Crippen molar-refractivity contribution in [1.82, 2.24) is 4.98 Å². The number of alkyl halides is 6. The van der Waals surface area contributed by atoms with E-state index in [1.165, 1.54) is 0 Å². The summed E-state index contributed by atoms with van der Waals surface area (Å²) in [5.74, 6) is -3.09. The minimum atomic E-state index is -5.24. The summed E-state index contributed by atoms with van der Waals surface area (Å²) < 4.78 is 69.8. The quantitative estimate of drug-likeness (QED) is 0.484. The highest BCUT2D eigenvalue weighted by Crippen LogP contribution is 2.35. The van der Waals surface area contributed by atoms with Crippen molar-refractivity contribution in [2.45, 2.75) is 18.7 Å². The fraction of sp³-hybridized carbons (Fsp3) is 0.400. The molecule has 0 N–H and O–H groups in total. The fourth-order valence-corrected chi connectivity index (χ4v) is 1.54. The summed E-state index contributed by atoms with van der Waals surface area (Å²) in [6.07, 6.45) is -8.55. The molecule has 0 saturated carbocycles. The Morgan fingerprint density at radius 3 is 2.45 bits per heavy atom. The zero-order chi connectivity index (χ0) is 15.5. The van der Waals surface area contributed by atoms with E-state index in [2.05, 4.69) is 14.5 Å². The van der Waals surface area contributed by atoms with Crippen LogP contribution in [0.15, 0.2) is 6.07 Å². The van der Waals surface area contributed by atoms with Gasteiger partial charge in [-0.3, -0.25) is 0 Å². The maximum Gasteiger partial charge on any atom is 0.574 e. The van der Waals surface area contributed by atoms with Gasteiger partial charge in [-0.15, -0.1) is 24.8 Å². The predicted molar refractivity (Wildman–Crippen MR) is 56.8 cm³/mol. The Morgan fingerprint density at radius 1 is 1.45 bits per heavy atom. The number of carbonyl (C=O) groups excluding carboxylic acids is 1. The van der Waals surface area contributed by atoms with Crippen molar-refractivity contribution < 1.29 is 36.2 Å². The van der Waals surface area contributed by atoms with Gasteiger partial charge in [0.1, 0.15) is 0 Å². The van der Waals surface area contributed by atoms with E-state index in [4.69, 9.17) is 11.6 Å². The molecule has 0 aliphatic heterocycles. The third kappa shape index (κ3) is 3.92. The zero-order valence-corrected chi connectivity index (χ0v) is 10.6. The number of methoxy groups -OCH3 is 1. The molecule has 1 aromatic rings. The zero-order valence-electron chi connectivity index (χ0n) is 9.80. The molecule has 0 atom stereocenters. The maximum absolute atomic E-state index is 12.8. The Bertz CT molecular complexity index is 506. The lowest BCUT2D eigenvalue weighted by molar-refractivity contribution is -0.276. The van der Waals surface area contributed by atoms with Crippen molar-refractivity contribution >= 4 is 17.6 Å². The van der Waals surface area contributed by atoms with Crippen LogP contribution in [0.4, 0.5) is 22.0 Å². The second kappa shape index (κ2) is 6.21. The van der Waals surface area contributed by atoms with E-state index in [1.54, 1.807) is 0 Å². The van der Waals surface area contributed by atoms with Crippen LogP contribution in [0.1, 0.15) is 28.0 Å². The molecule has 0 amide bonds. The van der Waals surface area contributed by atoms with E-state index in [0.717, 1.165) is 13.2 Å². The van der Waals surface area contributed by atoms with Gasteiger partial charge in [0.25, 0.3) is 6.43 Å². The van der Waals surface area contributed by atoms with E-state index < -0.39 is 47.3 Å². The molecule has 20 heavy (non-hydrogen) atoms. The normalized spacial score (nSPS) is 11.6. The van der Waals surface area contributed by atoms with Crippen LogP contribution in [0.3, 0.4) is 0 Å². The number of carbonyl (C=O) groups is 1. The standard InChI is InChI=1S/C10H7ClF5NO3/c1-19-9(18)5-2-4(3-11)6(7(12)13)8(17-5)20-10(14,15)16/h2,7H,3H2,1H3. The van der Waals surface area contributed by atoms with Crippen molar-refractivity contribution in [1.29, 1.82) is 0 Å². The molecule has 0 fully saturated rings. The van der Waals surface area contributed by atoms with E-state index in [9.17, 15) is 26.7 Å². The molecule has 10 heteroatoms. The van der Waals surface area contributed by atoms with Gasteiger partial charge < -0.3 is 9.47 Å².